The van der Waals surface area contributed by atoms with Gasteiger partial charge in [-0.15, -0.1) is 0 Å². The fourth-order valence-corrected chi connectivity index (χ4v) is 3.17. The maximum Gasteiger partial charge on any atom is 0.340 e. The van der Waals surface area contributed by atoms with Crippen molar-refractivity contribution in [3.05, 3.63) is 41.0 Å². The third kappa shape index (κ3) is 5.95. The number of hydrogen-bond donors (Lipinski definition) is 1. The molecule has 0 saturated carbocycles. The summed E-state index contributed by atoms with van der Waals surface area (Å²) in [5.74, 6) is -1.52. The first-order valence-corrected chi connectivity index (χ1v) is 10.5. The molecule has 2 N–H and O–H groups in total. The van der Waals surface area contributed by atoms with Gasteiger partial charge in [-0.25, -0.2) is 14.7 Å². The van der Waals surface area contributed by atoms with E-state index >= 15 is 0 Å². The lowest BCUT2D eigenvalue weighted by Gasteiger charge is -2.16. The van der Waals surface area contributed by atoms with Crippen molar-refractivity contribution in [2.24, 2.45) is 0 Å². The van der Waals surface area contributed by atoms with Crippen LogP contribution in [0.5, 0.6) is 0 Å². The third-order valence-electron chi connectivity index (χ3n) is 4.68. The number of likely N-dealkylation sites (N-methyl/N-ethyl adjacent to an activating group) is 1. The first kappa shape index (κ1) is 25.1. The summed E-state index contributed by atoms with van der Waals surface area (Å²) >= 11 is 0. The molecule has 32 heavy (non-hydrogen) atoms. The second kappa shape index (κ2) is 12.0. The van der Waals surface area contributed by atoms with Gasteiger partial charge in [0.25, 0.3) is 0 Å². The minimum atomic E-state index is -0.628. The summed E-state index contributed by atoms with van der Waals surface area (Å²) in [5.41, 5.74) is 7.94. The summed E-state index contributed by atoms with van der Waals surface area (Å²) in [7, 11) is 1.53. The van der Waals surface area contributed by atoms with Crippen molar-refractivity contribution in [1.29, 1.82) is 0 Å². The quantitative estimate of drug-likeness (QED) is 0.318. The Hall–Kier alpha value is -3.17. The third-order valence-corrected chi connectivity index (χ3v) is 4.68. The smallest absolute Gasteiger partial charge is 0.340 e. The predicted octanol–water partition coefficient (Wildman–Crippen LogP) is 2.70. The Balaban J connectivity index is 2.36. The molecule has 0 spiro atoms. The number of hydroxylamine groups is 2. The van der Waals surface area contributed by atoms with Crippen molar-refractivity contribution in [2.45, 2.75) is 27.2 Å². The molecule has 2 aliphatic rings. The van der Waals surface area contributed by atoms with Gasteiger partial charge in [0.15, 0.2) is 0 Å². The Morgan fingerprint density at radius 1 is 0.844 bits per heavy atom. The normalized spacial score (nSPS) is 10.8. The number of nitrogens with two attached hydrogens (primary N) is 1. The highest BCUT2D eigenvalue weighted by Crippen LogP contribution is 2.39. The highest BCUT2D eigenvalue weighted by Gasteiger charge is 2.30. The number of nitrogens with zero attached hydrogens (tertiary/aromatic N) is 1. The monoisotopic (exact) mass is 446 g/mol. The van der Waals surface area contributed by atoms with E-state index in [1.807, 2.05) is 6.92 Å². The SMILES string of the molecule is CCOCCON(C)C(=O)Cc1ccc2c(C(=O)OCC)c(N)c(C(=O)OCC)c-2cc1. The number of amides is 1. The van der Waals surface area contributed by atoms with Gasteiger partial charge in [-0.3, -0.25) is 9.63 Å². The van der Waals surface area contributed by atoms with Crippen LogP contribution in [0.1, 0.15) is 47.1 Å². The molecule has 0 aliphatic heterocycles. The fraction of sp³-hybridized carbons (Fsp3) is 0.435. The van der Waals surface area contributed by atoms with Crippen molar-refractivity contribution in [2.75, 3.05) is 45.8 Å². The van der Waals surface area contributed by atoms with Gasteiger partial charge in [-0.1, -0.05) is 24.3 Å². The van der Waals surface area contributed by atoms with Gasteiger partial charge in [-0.05, 0) is 37.5 Å². The Morgan fingerprint density at radius 2 is 1.38 bits per heavy atom. The first-order chi connectivity index (χ1) is 15.3. The van der Waals surface area contributed by atoms with Crippen molar-refractivity contribution in [3.8, 4) is 11.1 Å². The van der Waals surface area contributed by atoms with Crippen LogP contribution in [0.3, 0.4) is 0 Å². The van der Waals surface area contributed by atoms with Gasteiger partial charge < -0.3 is 19.9 Å². The summed E-state index contributed by atoms with van der Waals surface area (Å²) in [6.45, 7) is 6.79. The molecule has 0 aromatic heterocycles. The summed E-state index contributed by atoms with van der Waals surface area (Å²) in [5, 5.41) is 1.16. The molecule has 0 aromatic carbocycles. The van der Waals surface area contributed by atoms with Crippen LogP contribution < -0.4 is 5.73 Å². The van der Waals surface area contributed by atoms with Gasteiger partial charge in [0.2, 0.25) is 5.91 Å². The topological polar surface area (TPSA) is 117 Å². The highest BCUT2D eigenvalue weighted by molar-refractivity contribution is 6.15. The lowest BCUT2D eigenvalue weighted by Crippen LogP contribution is -2.29. The van der Waals surface area contributed by atoms with Crippen LogP contribution in [-0.4, -0.2) is 63.0 Å². The van der Waals surface area contributed by atoms with E-state index in [0.29, 0.717) is 29.9 Å². The number of fused-ring (bicyclic) bond motifs is 1. The van der Waals surface area contributed by atoms with Crippen LogP contribution in [0, 0.1) is 0 Å². The van der Waals surface area contributed by atoms with E-state index in [1.165, 1.54) is 7.05 Å². The minimum absolute atomic E-state index is 0.0168. The molecule has 0 fully saturated rings. The molecule has 0 aromatic rings. The van der Waals surface area contributed by atoms with E-state index in [1.54, 1.807) is 38.1 Å². The average molecular weight is 447 g/mol. The Kier molecular flexibility index (Phi) is 9.42. The Labute approximate surface area is 187 Å². The molecule has 2 aliphatic carbocycles. The van der Waals surface area contributed by atoms with Gasteiger partial charge in [-0.2, -0.15) is 0 Å². The lowest BCUT2D eigenvalue weighted by molar-refractivity contribution is -0.181. The van der Waals surface area contributed by atoms with Crippen molar-refractivity contribution in [1.82, 2.24) is 5.06 Å². The van der Waals surface area contributed by atoms with E-state index in [2.05, 4.69) is 0 Å². The van der Waals surface area contributed by atoms with Crippen LogP contribution in [-0.2, 0) is 30.3 Å². The lowest BCUT2D eigenvalue weighted by atomic mass is 10.1. The van der Waals surface area contributed by atoms with E-state index in [9.17, 15) is 14.4 Å². The Bertz CT molecular complexity index is 873. The number of carbonyl (C=O) groups excluding carboxylic acids is 3. The zero-order valence-corrected chi connectivity index (χ0v) is 18.9. The predicted molar refractivity (Wildman–Crippen MR) is 118 cm³/mol. The molecule has 0 radical (unpaired) electrons. The van der Waals surface area contributed by atoms with Crippen molar-refractivity contribution >= 4 is 23.5 Å². The number of anilines is 1. The number of ether oxygens (including phenoxy) is 3. The molecule has 1 amide bonds. The Morgan fingerprint density at radius 3 is 1.84 bits per heavy atom. The number of esters is 2. The average Bonchev–Trinajstić information content (AvgIpc) is 2.89. The van der Waals surface area contributed by atoms with Crippen molar-refractivity contribution < 1.29 is 33.4 Å². The fourth-order valence-electron chi connectivity index (χ4n) is 3.17. The largest absolute Gasteiger partial charge is 0.462 e. The van der Waals surface area contributed by atoms with Gasteiger partial charge in [0.1, 0.15) is 0 Å². The molecule has 0 unspecified atom stereocenters. The van der Waals surface area contributed by atoms with E-state index < -0.39 is 11.9 Å². The number of hydrogen-bond acceptors (Lipinski definition) is 8. The summed E-state index contributed by atoms with van der Waals surface area (Å²) in [6.07, 6.45) is 0.0569. The molecule has 0 saturated heterocycles. The van der Waals surface area contributed by atoms with E-state index in [0.717, 1.165) is 5.06 Å². The molecule has 174 valence electrons. The van der Waals surface area contributed by atoms with Crippen LogP contribution >= 0.6 is 0 Å². The maximum atomic E-state index is 12.5. The van der Waals surface area contributed by atoms with Crippen molar-refractivity contribution in [3.63, 3.8) is 0 Å². The van der Waals surface area contributed by atoms with Gasteiger partial charge in [0.05, 0.1) is 49.7 Å². The molecule has 0 heterocycles. The molecule has 0 atom stereocenters. The number of nitrogen functional groups attached to an aromatic ring is 1. The molecule has 2 rings (SSSR count). The summed E-state index contributed by atoms with van der Waals surface area (Å²) < 4.78 is 15.4. The first-order valence-electron chi connectivity index (χ1n) is 10.5. The van der Waals surface area contributed by atoms with Gasteiger partial charge in [0, 0.05) is 13.7 Å². The van der Waals surface area contributed by atoms with Crippen LogP contribution in [0.25, 0.3) is 11.1 Å². The number of carbonyl (C=O) groups is 3. The molecule has 9 heteroatoms. The molecular formula is C23H30N2O7. The zero-order valence-electron chi connectivity index (χ0n) is 18.9. The minimum Gasteiger partial charge on any atom is -0.462 e. The van der Waals surface area contributed by atoms with E-state index in [-0.39, 0.29) is 49.0 Å². The van der Waals surface area contributed by atoms with Gasteiger partial charge >= 0.3 is 11.9 Å². The molecule has 0 bridgehead atoms. The zero-order chi connectivity index (χ0) is 23.7. The maximum absolute atomic E-state index is 12.5. The van der Waals surface area contributed by atoms with E-state index in [4.69, 9.17) is 24.8 Å². The standard InChI is InChI=1S/C23H30N2O7/c1-5-29-12-13-32-25(4)18(26)14-15-8-10-16-17(11-9-15)20(23(28)31-7-3)21(24)19(16)22(27)30-6-2/h8-11H,5-7,12-14,24H2,1-4H3. The summed E-state index contributed by atoms with van der Waals surface area (Å²) in [4.78, 5) is 42.9. The van der Waals surface area contributed by atoms with Crippen LogP contribution in [0.2, 0.25) is 0 Å². The van der Waals surface area contributed by atoms with Crippen LogP contribution in [0.4, 0.5) is 5.69 Å². The summed E-state index contributed by atoms with van der Waals surface area (Å²) in [6, 6.07) is 6.70. The number of rotatable bonds is 11. The molecular weight excluding hydrogens is 416 g/mol. The molecule has 9 nitrogen and oxygen atoms in total. The highest BCUT2D eigenvalue weighted by atomic mass is 16.7. The second-order valence-corrected chi connectivity index (χ2v) is 6.77. The second-order valence-electron chi connectivity index (χ2n) is 6.77. The van der Waals surface area contributed by atoms with Crippen LogP contribution in [0.15, 0.2) is 24.3 Å².